The van der Waals surface area contributed by atoms with Crippen LogP contribution in [0.25, 0.3) is 0 Å². The molecule has 0 unspecified atom stereocenters. The number of nitrogens with two attached hydrogens (primary N) is 1. The minimum absolute atomic E-state index is 0.0349. The smallest absolute Gasteiger partial charge is 0.328 e. The summed E-state index contributed by atoms with van der Waals surface area (Å²) in [6, 6.07) is 3.55. The van der Waals surface area contributed by atoms with Crippen LogP contribution in [0.4, 0.5) is 0 Å². The number of ether oxygens (including phenoxy) is 3. The molecule has 3 N–H and O–H groups in total. The molecule has 9 heteroatoms. The fraction of sp³-hybridized carbons (Fsp3) is 0.524. The van der Waals surface area contributed by atoms with Crippen molar-refractivity contribution >= 4 is 23.8 Å². The summed E-state index contributed by atoms with van der Waals surface area (Å²) in [6.07, 6.45) is 3.93. The average molecular weight is 420 g/mol. The Morgan fingerprint density at radius 2 is 1.63 bits per heavy atom. The lowest BCUT2D eigenvalue weighted by atomic mass is 9.81. The van der Waals surface area contributed by atoms with Crippen molar-refractivity contribution in [2.45, 2.75) is 64.0 Å². The summed E-state index contributed by atoms with van der Waals surface area (Å²) in [5.41, 5.74) is 5.82. The lowest BCUT2D eigenvalue weighted by Crippen LogP contribution is -2.58. The summed E-state index contributed by atoms with van der Waals surface area (Å²) in [4.78, 5) is 47.7. The Morgan fingerprint density at radius 1 is 1.03 bits per heavy atom. The lowest BCUT2D eigenvalue weighted by molar-refractivity contribution is -0.146. The first-order chi connectivity index (χ1) is 14.1. The molecule has 0 spiro atoms. The highest BCUT2D eigenvalue weighted by atomic mass is 16.6. The van der Waals surface area contributed by atoms with Crippen LogP contribution in [0.3, 0.4) is 0 Å². The van der Waals surface area contributed by atoms with Crippen molar-refractivity contribution < 1.29 is 33.4 Å². The number of carbonyl (C=O) groups excluding carboxylic acids is 4. The summed E-state index contributed by atoms with van der Waals surface area (Å²) in [5.74, 6) is -2.08. The molecule has 30 heavy (non-hydrogen) atoms. The molecule has 0 aliphatic heterocycles. The molecule has 2 rings (SSSR count). The number of hydrogen-bond donors (Lipinski definition) is 2. The van der Waals surface area contributed by atoms with Gasteiger partial charge in [0.1, 0.15) is 6.04 Å². The van der Waals surface area contributed by atoms with Crippen LogP contribution in [0.2, 0.25) is 0 Å². The van der Waals surface area contributed by atoms with E-state index >= 15 is 0 Å². The molecule has 0 radical (unpaired) electrons. The zero-order valence-electron chi connectivity index (χ0n) is 17.5. The van der Waals surface area contributed by atoms with E-state index in [2.05, 4.69) is 5.32 Å². The highest BCUT2D eigenvalue weighted by Crippen LogP contribution is 2.30. The van der Waals surface area contributed by atoms with Gasteiger partial charge in [-0.1, -0.05) is 25.3 Å². The Kier molecular flexibility index (Phi) is 7.93. The van der Waals surface area contributed by atoms with Gasteiger partial charge in [-0.25, -0.2) is 4.79 Å². The molecule has 1 aliphatic rings. The van der Waals surface area contributed by atoms with E-state index in [-0.39, 0.29) is 17.9 Å². The Labute approximate surface area is 175 Å². The predicted octanol–water partition coefficient (Wildman–Crippen LogP) is 1.40. The molecule has 1 aromatic rings. The Hall–Kier alpha value is -2.94. The number of benzene rings is 1. The molecule has 0 bridgehead atoms. The average Bonchev–Trinajstić information content (AvgIpc) is 2.68. The standard InChI is InChI=1S/C21H28N2O7/c1-13(24)29-17-8-7-15(12-18(17)30-14(2)25)11-16(19(26)28-3)23-20(27)21(22)9-5-4-6-10-21/h7-8,12,16H,4-6,9-11,22H2,1-3H3,(H,23,27)/t16-/m0/s1. The summed E-state index contributed by atoms with van der Waals surface area (Å²) in [6.45, 7) is 2.44. The van der Waals surface area contributed by atoms with Crippen molar-refractivity contribution in [3.63, 3.8) is 0 Å². The van der Waals surface area contributed by atoms with Crippen LogP contribution in [-0.4, -0.2) is 42.5 Å². The highest BCUT2D eigenvalue weighted by molar-refractivity contribution is 5.90. The molecule has 1 aliphatic carbocycles. The van der Waals surface area contributed by atoms with Gasteiger partial charge in [0.25, 0.3) is 0 Å². The first-order valence-electron chi connectivity index (χ1n) is 9.82. The second-order valence-electron chi connectivity index (χ2n) is 7.44. The summed E-state index contributed by atoms with van der Waals surface area (Å²) < 4.78 is 15.0. The SMILES string of the molecule is COC(=O)[C@H](Cc1ccc(OC(C)=O)c(OC(C)=O)c1)NC(=O)C1(N)CCCCC1. The topological polar surface area (TPSA) is 134 Å². The van der Waals surface area contributed by atoms with Crippen LogP contribution >= 0.6 is 0 Å². The van der Waals surface area contributed by atoms with Crippen molar-refractivity contribution in [3.05, 3.63) is 23.8 Å². The molecule has 164 valence electrons. The normalized spacial score (nSPS) is 16.1. The summed E-state index contributed by atoms with van der Waals surface area (Å²) in [5, 5.41) is 2.70. The number of carbonyl (C=O) groups is 4. The predicted molar refractivity (Wildman–Crippen MR) is 107 cm³/mol. The van der Waals surface area contributed by atoms with Gasteiger partial charge in [-0.05, 0) is 30.5 Å². The molecule has 1 fully saturated rings. The molecule has 0 heterocycles. The fourth-order valence-corrected chi connectivity index (χ4v) is 3.44. The number of hydrogen-bond acceptors (Lipinski definition) is 8. The van der Waals surface area contributed by atoms with Gasteiger partial charge in [0.2, 0.25) is 5.91 Å². The molecule has 1 aromatic carbocycles. The van der Waals surface area contributed by atoms with Gasteiger partial charge in [0.15, 0.2) is 11.5 Å². The minimum Gasteiger partial charge on any atom is -0.467 e. The first-order valence-corrected chi connectivity index (χ1v) is 9.82. The van der Waals surface area contributed by atoms with Gasteiger partial charge < -0.3 is 25.3 Å². The van der Waals surface area contributed by atoms with Gasteiger partial charge in [-0.15, -0.1) is 0 Å². The van der Waals surface area contributed by atoms with E-state index in [0.717, 1.165) is 19.3 Å². The molecule has 1 atom stereocenters. The number of esters is 3. The van der Waals surface area contributed by atoms with Gasteiger partial charge in [0, 0.05) is 20.3 Å². The van der Waals surface area contributed by atoms with Crippen LogP contribution in [-0.2, 0) is 30.3 Å². The third-order valence-corrected chi connectivity index (χ3v) is 4.94. The van der Waals surface area contributed by atoms with Gasteiger partial charge in [-0.3, -0.25) is 14.4 Å². The number of nitrogens with one attached hydrogen (secondary N) is 1. The van der Waals surface area contributed by atoms with E-state index in [4.69, 9.17) is 19.9 Å². The third kappa shape index (κ3) is 6.28. The van der Waals surface area contributed by atoms with Crippen LogP contribution in [0.5, 0.6) is 11.5 Å². The molecule has 1 saturated carbocycles. The van der Waals surface area contributed by atoms with E-state index in [0.29, 0.717) is 18.4 Å². The van der Waals surface area contributed by atoms with E-state index in [1.165, 1.54) is 33.1 Å². The largest absolute Gasteiger partial charge is 0.467 e. The summed E-state index contributed by atoms with van der Waals surface area (Å²) in [7, 11) is 1.23. The van der Waals surface area contributed by atoms with Crippen molar-refractivity contribution in [3.8, 4) is 11.5 Å². The molecule has 0 saturated heterocycles. The minimum atomic E-state index is -1.01. The molecule has 9 nitrogen and oxygen atoms in total. The Balaban J connectivity index is 2.22. The second kappa shape index (κ2) is 10.2. The third-order valence-electron chi connectivity index (χ3n) is 4.94. The molecule has 0 aromatic heterocycles. The lowest BCUT2D eigenvalue weighted by Gasteiger charge is -2.33. The first kappa shape index (κ1) is 23.3. The number of rotatable bonds is 7. The zero-order valence-corrected chi connectivity index (χ0v) is 17.5. The van der Waals surface area contributed by atoms with Gasteiger partial charge in [-0.2, -0.15) is 0 Å². The summed E-state index contributed by atoms with van der Waals surface area (Å²) >= 11 is 0. The molecular weight excluding hydrogens is 392 g/mol. The maximum absolute atomic E-state index is 12.8. The van der Waals surface area contributed by atoms with E-state index in [1.54, 1.807) is 6.07 Å². The van der Waals surface area contributed by atoms with Crippen molar-refractivity contribution in [2.75, 3.05) is 7.11 Å². The van der Waals surface area contributed by atoms with E-state index in [1.807, 2.05) is 0 Å². The maximum Gasteiger partial charge on any atom is 0.328 e. The highest BCUT2D eigenvalue weighted by Gasteiger charge is 2.37. The van der Waals surface area contributed by atoms with Crippen LogP contribution in [0.15, 0.2) is 18.2 Å². The van der Waals surface area contributed by atoms with Gasteiger partial charge in [0.05, 0.1) is 12.6 Å². The second-order valence-corrected chi connectivity index (χ2v) is 7.44. The molecular formula is C21H28N2O7. The van der Waals surface area contributed by atoms with Crippen LogP contribution in [0.1, 0.15) is 51.5 Å². The van der Waals surface area contributed by atoms with Crippen LogP contribution in [0, 0.1) is 0 Å². The Morgan fingerprint density at radius 3 is 2.20 bits per heavy atom. The monoisotopic (exact) mass is 420 g/mol. The maximum atomic E-state index is 12.8. The quantitative estimate of drug-likeness (QED) is 0.499. The van der Waals surface area contributed by atoms with Gasteiger partial charge >= 0.3 is 17.9 Å². The van der Waals surface area contributed by atoms with Crippen molar-refractivity contribution in [1.29, 1.82) is 0 Å². The zero-order chi connectivity index (χ0) is 22.3. The molecule has 1 amide bonds. The fourth-order valence-electron chi connectivity index (χ4n) is 3.44. The van der Waals surface area contributed by atoms with Crippen LogP contribution < -0.4 is 20.5 Å². The van der Waals surface area contributed by atoms with Crippen molar-refractivity contribution in [2.24, 2.45) is 5.73 Å². The van der Waals surface area contributed by atoms with E-state index in [9.17, 15) is 19.2 Å². The van der Waals surface area contributed by atoms with Crippen molar-refractivity contribution in [1.82, 2.24) is 5.32 Å². The number of amides is 1. The number of methoxy groups -OCH3 is 1. The van der Waals surface area contributed by atoms with E-state index < -0.39 is 35.4 Å². The Bertz CT molecular complexity index is 816.